The van der Waals surface area contributed by atoms with E-state index in [-0.39, 0.29) is 12.0 Å². The molecule has 0 aliphatic heterocycles. The number of hydrogen-bond donors (Lipinski definition) is 2. The molecule has 2 unspecified atom stereocenters. The van der Waals surface area contributed by atoms with Crippen molar-refractivity contribution in [3.8, 4) is 6.07 Å². The van der Waals surface area contributed by atoms with Crippen LogP contribution < -0.4 is 0 Å². The highest BCUT2D eigenvalue weighted by Crippen LogP contribution is 2.28. The summed E-state index contributed by atoms with van der Waals surface area (Å²) in [4.78, 5) is 1.84. The summed E-state index contributed by atoms with van der Waals surface area (Å²) in [6.45, 7) is 12.4. The lowest BCUT2D eigenvalue weighted by Gasteiger charge is -2.21. The van der Waals surface area contributed by atoms with E-state index in [0.717, 1.165) is 20.9 Å². The predicted molar refractivity (Wildman–Crippen MR) is 115 cm³/mol. The van der Waals surface area contributed by atoms with Gasteiger partial charge in [-0.1, -0.05) is 0 Å². The van der Waals surface area contributed by atoms with Crippen LogP contribution in [0.25, 0.3) is 0 Å². The van der Waals surface area contributed by atoms with Crippen molar-refractivity contribution in [2.45, 2.75) is 52.6 Å². The first-order valence-electron chi connectivity index (χ1n) is 8.65. The second kappa shape index (κ2) is 10.7. The van der Waals surface area contributed by atoms with Gasteiger partial charge in [-0.05, 0) is 74.4 Å². The van der Waals surface area contributed by atoms with Crippen molar-refractivity contribution in [1.82, 2.24) is 0 Å². The van der Waals surface area contributed by atoms with E-state index in [2.05, 4.69) is 25.7 Å². The standard InChI is InChI=1S/C10H15NOSSi.C9H13NO2S/c1-8-5-6-13-10(8)9(7-11)12-14(2,3)4;1-3-12-9(10)7(11)8-6(2)4-5-13-8/h5-6,9H,1-4H3;4-5,7,10-11H,3H2,1-2H3. The zero-order valence-electron chi connectivity index (χ0n) is 16.7. The number of nitriles is 1. The topological polar surface area (TPSA) is 86.3 Å². The molecular formula is C19H28N2O3S2Si. The molecule has 0 radical (unpaired) electrons. The highest BCUT2D eigenvalue weighted by molar-refractivity contribution is 7.10. The summed E-state index contributed by atoms with van der Waals surface area (Å²) >= 11 is 3.04. The van der Waals surface area contributed by atoms with Gasteiger partial charge in [-0.25, -0.2) is 0 Å². The van der Waals surface area contributed by atoms with E-state index in [1.54, 1.807) is 18.3 Å². The number of aliphatic hydroxyl groups is 1. The molecular weight excluding hydrogens is 396 g/mol. The van der Waals surface area contributed by atoms with Crippen molar-refractivity contribution < 1.29 is 14.3 Å². The molecule has 2 N–H and O–H groups in total. The van der Waals surface area contributed by atoms with Crippen LogP contribution in [0, 0.1) is 30.6 Å². The maximum absolute atomic E-state index is 9.65. The van der Waals surface area contributed by atoms with Gasteiger partial charge in [-0.15, -0.1) is 22.7 Å². The minimum absolute atomic E-state index is 0.0759. The second-order valence-corrected chi connectivity index (χ2v) is 13.2. The average Bonchev–Trinajstić information content (AvgIpc) is 3.20. The number of aryl methyl sites for hydroxylation is 2. The van der Waals surface area contributed by atoms with Crippen LogP contribution in [-0.2, 0) is 9.16 Å². The zero-order valence-corrected chi connectivity index (χ0v) is 19.3. The predicted octanol–water partition coefficient (Wildman–Crippen LogP) is 5.58. The Hall–Kier alpha value is -1.50. The van der Waals surface area contributed by atoms with Crippen LogP contribution in [0.5, 0.6) is 0 Å². The Labute approximate surface area is 170 Å². The normalized spacial score (nSPS) is 13.1. The second-order valence-electron chi connectivity index (χ2n) is 6.87. The summed E-state index contributed by atoms with van der Waals surface area (Å²) in [6, 6.07) is 6.17. The maximum atomic E-state index is 9.65. The minimum atomic E-state index is -1.64. The molecule has 5 nitrogen and oxygen atoms in total. The van der Waals surface area contributed by atoms with E-state index in [0.29, 0.717) is 6.61 Å². The van der Waals surface area contributed by atoms with Gasteiger partial charge in [0, 0.05) is 9.75 Å². The summed E-state index contributed by atoms with van der Waals surface area (Å²) in [6.07, 6.45) is -1.28. The number of ether oxygens (including phenoxy) is 1. The van der Waals surface area contributed by atoms with Crippen LogP contribution >= 0.6 is 22.7 Å². The largest absolute Gasteiger partial charge is 0.479 e. The fourth-order valence-electron chi connectivity index (χ4n) is 2.16. The lowest BCUT2D eigenvalue weighted by atomic mass is 10.2. The number of nitrogens with one attached hydrogen (secondary N) is 1. The molecule has 0 fully saturated rings. The van der Waals surface area contributed by atoms with Gasteiger partial charge in [0.1, 0.15) is 0 Å². The van der Waals surface area contributed by atoms with Gasteiger partial charge in [0.05, 0.1) is 12.7 Å². The number of rotatable bonds is 6. The summed E-state index contributed by atoms with van der Waals surface area (Å²) in [5, 5.41) is 30.0. The molecule has 0 aliphatic rings. The molecule has 27 heavy (non-hydrogen) atoms. The molecule has 0 saturated heterocycles. The molecule has 0 saturated carbocycles. The highest BCUT2D eigenvalue weighted by Gasteiger charge is 2.24. The summed E-state index contributed by atoms with van der Waals surface area (Å²) in [5.41, 5.74) is 2.15. The first-order valence-corrected chi connectivity index (χ1v) is 13.8. The Morgan fingerprint density at radius 3 is 2.07 bits per heavy atom. The number of thiophene rings is 2. The molecule has 0 aromatic carbocycles. The van der Waals surface area contributed by atoms with Crippen molar-refractivity contribution in [2.75, 3.05) is 6.61 Å². The van der Waals surface area contributed by atoms with E-state index in [9.17, 15) is 5.11 Å². The van der Waals surface area contributed by atoms with Crippen molar-refractivity contribution in [3.05, 3.63) is 43.8 Å². The van der Waals surface area contributed by atoms with Crippen LogP contribution in [0.1, 0.15) is 40.0 Å². The Kier molecular flexibility index (Phi) is 9.36. The monoisotopic (exact) mass is 424 g/mol. The first-order chi connectivity index (χ1) is 12.6. The van der Waals surface area contributed by atoms with Crippen molar-refractivity contribution in [1.29, 1.82) is 10.7 Å². The van der Waals surface area contributed by atoms with E-state index in [4.69, 9.17) is 19.8 Å². The van der Waals surface area contributed by atoms with Gasteiger partial charge in [-0.3, -0.25) is 5.41 Å². The molecule has 0 bridgehead atoms. The molecule has 0 spiro atoms. The molecule has 2 aromatic heterocycles. The van der Waals surface area contributed by atoms with E-state index >= 15 is 0 Å². The third kappa shape index (κ3) is 7.56. The Bertz CT molecular complexity index is 775. The lowest BCUT2D eigenvalue weighted by Crippen LogP contribution is -2.27. The molecule has 148 valence electrons. The molecule has 2 aromatic rings. The third-order valence-electron chi connectivity index (χ3n) is 3.43. The fourth-order valence-corrected chi connectivity index (χ4v) is 4.93. The van der Waals surface area contributed by atoms with Crippen LogP contribution in [0.3, 0.4) is 0 Å². The van der Waals surface area contributed by atoms with E-state index in [1.165, 1.54) is 11.3 Å². The summed E-state index contributed by atoms with van der Waals surface area (Å²) < 4.78 is 10.7. The van der Waals surface area contributed by atoms with Crippen LogP contribution in [0.2, 0.25) is 19.6 Å². The molecule has 2 heterocycles. The van der Waals surface area contributed by atoms with Crippen LogP contribution in [0.4, 0.5) is 0 Å². The molecule has 2 atom stereocenters. The van der Waals surface area contributed by atoms with Crippen molar-refractivity contribution in [3.63, 3.8) is 0 Å². The quantitative estimate of drug-likeness (QED) is 0.360. The zero-order chi connectivity index (χ0) is 20.6. The highest BCUT2D eigenvalue weighted by atomic mass is 32.1. The van der Waals surface area contributed by atoms with Gasteiger partial charge in [0.15, 0.2) is 20.5 Å². The van der Waals surface area contributed by atoms with Gasteiger partial charge in [0.25, 0.3) is 0 Å². The number of hydrogen-bond acceptors (Lipinski definition) is 7. The van der Waals surface area contributed by atoms with E-state index < -0.39 is 14.4 Å². The lowest BCUT2D eigenvalue weighted by molar-refractivity contribution is 0.193. The third-order valence-corrected chi connectivity index (χ3v) is 6.50. The minimum Gasteiger partial charge on any atom is -0.479 e. The molecule has 0 aliphatic carbocycles. The van der Waals surface area contributed by atoms with Crippen molar-refractivity contribution in [2.24, 2.45) is 0 Å². The Balaban J connectivity index is 0.000000271. The van der Waals surface area contributed by atoms with Crippen molar-refractivity contribution >= 4 is 36.9 Å². The van der Waals surface area contributed by atoms with Gasteiger partial charge in [0.2, 0.25) is 5.90 Å². The smallest absolute Gasteiger partial charge is 0.215 e. The Morgan fingerprint density at radius 1 is 1.19 bits per heavy atom. The first kappa shape index (κ1) is 23.5. The number of nitrogens with zero attached hydrogens (tertiary/aromatic N) is 1. The summed E-state index contributed by atoms with van der Waals surface area (Å²) in [5.74, 6) is -0.0759. The molecule has 8 heteroatoms. The maximum Gasteiger partial charge on any atom is 0.215 e. The molecule has 0 amide bonds. The molecule has 2 rings (SSSR count). The van der Waals surface area contributed by atoms with Gasteiger partial charge >= 0.3 is 0 Å². The van der Waals surface area contributed by atoms with Crippen LogP contribution in [0.15, 0.2) is 22.9 Å². The fraction of sp³-hybridized carbons (Fsp3) is 0.474. The van der Waals surface area contributed by atoms with E-state index in [1.807, 2.05) is 36.7 Å². The average molecular weight is 425 g/mol. The Morgan fingerprint density at radius 2 is 1.70 bits per heavy atom. The number of aliphatic hydroxyl groups excluding tert-OH is 1. The SMILES string of the molecule is CCOC(=N)C(O)c1sccc1C.Cc1ccsc1C(C#N)O[Si](C)(C)C. The van der Waals surface area contributed by atoms with Gasteiger partial charge < -0.3 is 14.3 Å². The van der Waals surface area contributed by atoms with Crippen LogP contribution in [-0.4, -0.2) is 25.9 Å². The summed E-state index contributed by atoms with van der Waals surface area (Å²) in [7, 11) is -1.64. The van der Waals surface area contributed by atoms with Gasteiger partial charge in [-0.2, -0.15) is 5.26 Å².